The summed E-state index contributed by atoms with van der Waals surface area (Å²) in [7, 11) is 0. The van der Waals surface area contributed by atoms with Crippen LogP contribution in [0.15, 0.2) is 18.2 Å². The second-order valence-corrected chi connectivity index (χ2v) is 4.82. The van der Waals surface area contributed by atoms with E-state index in [-0.39, 0.29) is 18.2 Å². The van der Waals surface area contributed by atoms with Crippen LogP contribution in [-0.2, 0) is 16.1 Å². The third-order valence-corrected chi connectivity index (χ3v) is 3.63. The maximum Gasteiger partial charge on any atom is 0.420 e. The molecule has 0 unspecified atom stereocenters. The number of hydrogen-bond donors (Lipinski definition) is 1. The molecule has 0 aromatic heterocycles. The van der Waals surface area contributed by atoms with Crippen molar-refractivity contribution in [3.05, 3.63) is 34.9 Å². The molecule has 5 heteroatoms. The van der Waals surface area contributed by atoms with Gasteiger partial charge in [-0.05, 0) is 18.6 Å². The fourth-order valence-corrected chi connectivity index (χ4v) is 2.57. The monoisotopic (exact) mass is 257 g/mol. The standard InChI is InChI=1S/C14H12N2O3/c1-8-3-2-4-9-10(8)7-16(14(9)19)11-5-6-12(17)15-13(11)18/h2-4H,5-7H2,1H3/p+1. The number of nitrogens with zero attached hydrogens (tertiary/aromatic N) is 1. The van der Waals surface area contributed by atoms with E-state index in [1.807, 2.05) is 19.1 Å². The lowest BCUT2D eigenvalue weighted by Gasteiger charge is -2.10. The van der Waals surface area contributed by atoms with Gasteiger partial charge < -0.3 is 0 Å². The van der Waals surface area contributed by atoms with Crippen molar-refractivity contribution >= 4 is 23.4 Å². The lowest BCUT2D eigenvalue weighted by molar-refractivity contribution is -0.438. The van der Waals surface area contributed by atoms with Gasteiger partial charge in [-0.3, -0.25) is 14.9 Å². The van der Waals surface area contributed by atoms with Crippen molar-refractivity contribution in [3.8, 4) is 0 Å². The number of rotatable bonds is 0. The molecule has 1 aromatic rings. The normalized spacial score (nSPS) is 22.5. The molecule has 3 rings (SSSR count). The zero-order valence-electron chi connectivity index (χ0n) is 10.5. The molecule has 2 heterocycles. The van der Waals surface area contributed by atoms with Crippen molar-refractivity contribution in [2.24, 2.45) is 0 Å². The summed E-state index contributed by atoms with van der Waals surface area (Å²) >= 11 is 0. The van der Waals surface area contributed by atoms with E-state index >= 15 is 0 Å². The molecule has 1 N–H and O–H groups in total. The van der Waals surface area contributed by atoms with Gasteiger partial charge in [-0.1, -0.05) is 12.1 Å². The summed E-state index contributed by atoms with van der Waals surface area (Å²) in [6.07, 6.45) is 0.573. The van der Waals surface area contributed by atoms with Crippen LogP contribution in [0.2, 0.25) is 0 Å². The smallest absolute Gasteiger partial charge is 0.287 e. The summed E-state index contributed by atoms with van der Waals surface area (Å²) in [6, 6.07) is 5.56. The fraction of sp³-hybridized carbons (Fsp3) is 0.286. The van der Waals surface area contributed by atoms with E-state index in [1.165, 1.54) is 4.58 Å². The Bertz CT molecular complexity index is 659. The van der Waals surface area contributed by atoms with Crippen LogP contribution in [0.25, 0.3) is 0 Å². The van der Waals surface area contributed by atoms with Crippen LogP contribution in [-0.4, -0.2) is 28.0 Å². The Hall–Kier alpha value is -2.30. The third kappa shape index (κ3) is 1.78. The molecule has 0 spiro atoms. The van der Waals surface area contributed by atoms with E-state index in [2.05, 4.69) is 5.32 Å². The minimum Gasteiger partial charge on any atom is -0.287 e. The van der Waals surface area contributed by atoms with E-state index in [9.17, 15) is 14.4 Å². The van der Waals surface area contributed by atoms with Gasteiger partial charge in [0.25, 0.3) is 5.71 Å². The highest BCUT2D eigenvalue weighted by Crippen LogP contribution is 2.23. The predicted octanol–water partition coefficient (Wildman–Crippen LogP) is 0.539. The minimum absolute atomic E-state index is 0.154. The molecule has 3 amide bonds. The van der Waals surface area contributed by atoms with Crippen LogP contribution in [0.3, 0.4) is 0 Å². The Kier molecular flexibility index (Phi) is 2.55. The summed E-state index contributed by atoms with van der Waals surface area (Å²) in [5, 5.41) is 2.26. The van der Waals surface area contributed by atoms with Crippen molar-refractivity contribution in [2.45, 2.75) is 26.3 Å². The Balaban J connectivity index is 2.06. The number of hydrogen-bond acceptors (Lipinski definition) is 3. The van der Waals surface area contributed by atoms with Crippen LogP contribution in [0.5, 0.6) is 0 Å². The number of piperidine rings is 1. The number of aryl methyl sites for hydroxylation is 1. The average Bonchev–Trinajstić information content (AvgIpc) is 2.69. The van der Waals surface area contributed by atoms with Crippen molar-refractivity contribution in [3.63, 3.8) is 0 Å². The topological polar surface area (TPSA) is 66.2 Å². The molecule has 1 saturated heterocycles. The molecule has 2 aliphatic heterocycles. The maximum absolute atomic E-state index is 12.3. The second kappa shape index (κ2) is 4.12. The lowest BCUT2D eigenvalue weighted by atomic mass is 10.1. The average molecular weight is 257 g/mol. The number of nitrogens with one attached hydrogen (secondary N) is 1. The molecule has 1 aromatic carbocycles. The lowest BCUT2D eigenvalue weighted by Crippen LogP contribution is -2.45. The molecule has 2 aliphatic rings. The van der Waals surface area contributed by atoms with Gasteiger partial charge in [-0.25, -0.2) is 4.79 Å². The maximum atomic E-state index is 12.3. The summed E-state index contributed by atoms with van der Waals surface area (Å²) in [5.74, 6) is -0.887. The van der Waals surface area contributed by atoms with Gasteiger partial charge in [-0.2, -0.15) is 4.58 Å². The molecule has 0 atom stereocenters. The number of fused-ring (bicyclic) bond motifs is 1. The van der Waals surface area contributed by atoms with E-state index < -0.39 is 5.91 Å². The highest BCUT2D eigenvalue weighted by atomic mass is 16.2. The van der Waals surface area contributed by atoms with Gasteiger partial charge in [0.1, 0.15) is 5.56 Å². The summed E-state index contributed by atoms with van der Waals surface area (Å²) in [5.41, 5.74) is 3.04. The highest BCUT2D eigenvalue weighted by molar-refractivity contribution is 6.42. The molecule has 5 nitrogen and oxygen atoms in total. The van der Waals surface area contributed by atoms with Crippen LogP contribution in [0, 0.1) is 6.92 Å². The first-order valence-electron chi connectivity index (χ1n) is 6.18. The number of imide groups is 1. The molecule has 0 radical (unpaired) electrons. The van der Waals surface area contributed by atoms with Crippen LogP contribution < -0.4 is 5.32 Å². The quantitative estimate of drug-likeness (QED) is 0.545. The molecule has 0 aliphatic carbocycles. The van der Waals surface area contributed by atoms with Gasteiger partial charge in [0, 0.05) is 18.4 Å². The van der Waals surface area contributed by atoms with Crippen molar-refractivity contribution < 1.29 is 19.0 Å². The molecule has 1 fully saturated rings. The molecule has 0 saturated carbocycles. The Morgan fingerprint density at radius 3 is 2.63 bits per heavy atom. The van der Waals surface area contributed by atoms with E-state index in [4.69, 9.17) is 0 Å². The Morgan fingerprint density at radius 2 is 1.95 bits per heavy atom. The van der Waals surface area contributed by atoms with Crippen LogP contribution in [0.1, 0.15) is 34.3 Å². The first-order valence-corrected chi connectivity index (χ1v) is 6.18. The summed E-state index contributed by atoms with van der Waals surface area (Å²) in [6.45, 7) is 2.36. The zero-order valence-corrected chi connectivity index (χ0v) is 10.5. The van der Waals surface area contributed by atoms with Gasteiger partial charge in [0.05, 0.1) is 0 Å². The van der Waals surface area contributed by atoms with Crippen LogP contribution >= 0.6 is 0 Å². The van der Waals surface area contributed by atoms with Crippen molar-refractivity contribution in [1.29, 1.82) is 0 Å². The van der Waals surface area contributed by atoms with E-state index in [1.54, 1.807) is 6.07 Å². The fourth-order valence-electron chi connectivity index (χ4n) is 2.57. The summed E-state index contributed by atoms with van der Waals surface area (Å²) < 4.78 is 1.49. The second-order valence-electron chi connectivity index (χ2n) is 4.82. The predicted molar refractivity (Wildman–Crippen MR) is 66.9 cm³/mol. The first-order chi connectivity index (χ1) is 9.08. The van der Waals surface area contributed by atoms with Crippen molar-refractivity contribution in [1.82, 2.24) is 5.32 Å². The molecule has 19 heavy (non-hydrogen) atoms. The van der Waals surface area contributed by atoms with Gasteiger partial charge in [-0.15, -0.1) is 0 Å². The zero-order chi connectivity index (χ0) is 13.6. The molecule has 0 bridgehead atoms. The third-order valence-electron chi connectivity index (χ3n) is 3.63. The minimum atomic E-state index is -0.449. The van der Waals surface area contributed by atoms with E-state index in [0.29, 0.717) is 24.2 Å². The molecule has 96 valence electrons. The van der Waals surface area contributed by atoms with Gasteiger partial charge in [0.15, 0.2) is 6.54 Å². The highest BCUT2D eigenvalue weighted by Gasteiger charge is 2.40. The van der Waals surface area contributed by atoms with Gasteiger partial charge in [0.2, 0.25) is 5.91 Å². The number of carbonyl (C=O) groups excluding carboxylic acids is 3. The van der Waals surface area contributed by atoms with Gasteiger partial charge >= 0.3 is 11.8 Å². The van der Waals surface area contributed by atoms with Crippen molar-refractivity contribution in [2.75, 3.05) is 0 Å². The largest absolute Gasteiger partial charge is 0.420 e. The number of amides is 3. The molecular weight excluding hydrogens is 244 g/mol. The number of benzene rings is 1. The first kappa shape index (κ1) is 11.8. The Labute approximate surface area is 109 Å². The molecular formula is C14H13N2O3+. The van der Waals surface area contributed by atoms with E-state index in [0.717, 1.165) is 11.1 Å². The van der Waals surface area contributed by atoms with Crippen LogP contribution in [0.4, 0.5) is 0 Å². The Morgan fingerprint density at radius 1 is 1.16 bits per heavy atom. The SMILES string of the molecule is Cc1cccc2c1C[N+](=C1CCC(=O)NC1=O)C2=O. The number of carbonyl (C=O) groups is 3. The summed E-state index contributed by atoms with van der Waals surface area (Å²) in [4.78, 5) is 35.3.